The number of fused-ring (bicyclic) bond motifs is 1. The molecule has 0 saturated heterocycles. The van der Waals surface area contributed by atoms with Crippen molar-refractivity contribution in [3.63, 3.8) is 0 Å². The smallest absolute Gasteiger partial charge is 0.320 e. The summed E-state index contributed by atoms with van der Waals surface area (Å²) in [5.41, 5.74) is 6.30. The Morgan fingerprint density at radius 1 is 1.52 bits per heavy atom. The minimum atomic E-state index is -0.993. The Morgan fingerprint density at radius 2 is 2.24 bits per heavy atom. The van der Waals surface area contributed by atoms with Crippen LogP contribution in [0.3, 0.4) is 0 Å². The molecule has 0 radical (unpaired) electrons. The van der Waals surface area contributed by atoms with E-state index in [1.165, 1.54) is 23.1 Å². The summed E-state index contributed by atoms with van der Waals surface area (Å²) < 4.78 is 0. The average Bonchev–Trinajstić information content (AvgIpc) is 2.70. The Hall–Kier alpha value is -1.38. The number of carboxylic acids is 1. The maximum atomic E-state index is 12.1. The molecule has 0 aliphatic carbocycles. The minimum Gasteiger partial charge on any atom is -0.480 e. The molecule has 0 aliphatic rings. The Balaban J connectivity index is 2.03. The highest BCUT2D eigenvalue weighted by Crippen LogP contribution is 2.26. The molecule has 6 nitrogen and oxygen atoms in total. The zero-order chi connectivity index (χ0) is 15.6. The van der Waals surface area contributed by atoms with Crippen molar-refractivity contribution in [1.82, 2.24) is 9.97 Å². The van der Waals surface area contributed by atoms with Gasteiger partial charge in [0.05, 0.1) is 11.1 Å². The van der Waals surface area contributed by atoms with Gasteiger partial charge >= 0.3 is 5.97 Å². The standard InChI is InChI=1S/C13H17N3O3S2/c1-6-7(2)21-12-10(6)11(17)15-9(16-12)5-20-4-3-8(14)13(18)19/h8H,3-5,14H2,1-2H3,(H,18,19)(H,15,16,17). The van der Waals surface area contributed by atoms with Gasteiger partial charge < -0.3 is 15.8 Å². The first-order valence-corrected chi connectivity index (χ1v) is 8.42. The Kier molecular flexibility index (Phi) is 5.02. The van der Waals surface area contributed by atoms with E-state index in [0.717, 1.165) is 15.3 Å². The fourth-order valence-corrected chi connectivity index (χ4v) is 3.81. The van der Waals surface area contributed by atoms with Gasteiger partial charge in [0, 0.05) is 4.88 Å². The lowest BCUT2D eigenvalue weighted by Gasteiger charge is -2.05. The molecular weight excluding hydrogens is 310 g/mol. The quantitative estimate of drug-likeness (QED) is 0.696. The third-order valence-electron chi connectivity index (χ3n) is 3.22. The number of aryl methyl sites for hydroxylation is 2. The fraction of sp³-hybridized carbons (Fsp3) is 0.462. The summed E-state index contributed by atoms with van der Waals surface area (Å²) in [5, 5.41) is 9.35. The van der Waals surface area contributed by atoms with E-state index in [9.17, 15) is 9.59 Å². The molecule has 0 fully saturated rings. The van der Waals surface area contributed by atoms with Crippen molar-refractivity contribution in [3.8, 4) is 0 Å². The van der Waals surface area contributed by atoms with Gasteiger partial charge in [0.1, 0.15) is 16.7 Å². The second-order valence-electron chi connectivity index (χ2n) is 4.76. The van der Waals surface area contributed by atoms with Crippen molar-refractivity contribution in [3.05, 3.63) is 26.6 Å². The Labute approximate surface area is 129 Å². The molecule has 1 unspecified atom stereocenters. The number of aliphatic carboxylic acids is 1. The molecule has 1 atom stereocenters. The van der Waals surface area contributed by atoms with Gasteiger partial charge in [-0.05, 0) is 31.6 Å². The summed E-state index contributed by atoms with van der Waals surface area (Å²) in [6, 6.07) is -0.838. The molecule has 2 rings (SSSR count). The molecule has 8 heteroatoms. The van der Waals surface area contributed by atoms with Crippen LogP contribution in [0.15, 0.2) is 4.79 Å². The number of aromatic nitrogens is 2. The van der Waals surface area contributed by atoms with E-state index in [1.54, 1.807) is 0 Å². The number of hydrogen-bond donors (Lipinski definition) is 3. The molecule has 21 heavy (non-hydrogen) atoms. The summed E-state index contributed by atoms with van der Waals surface area (Å²) in [4.78, 5) is 31.8. The highest BCUT2D eigenvalue weighted by atomic mass is 32.2. The summed E-state index contributed by atoms with van der Waals surface area (Å²) in [7, 11) is 0. The molecule has 0 spiro atoms. The highest BCUT2D eigenvalue weighted by molar-refractivity contribution is 7.98. The van der Waals surface area contributed by atoms with Crippen LogP contribution in [0.4, 0.5) is 0 Å². The third kappa shape index (κ3) is 3.63. The van der Waals surface area contributed by atoms with E-state index in [-0.39, 0.29) is 5.56 Å². The van der Waals surface area contributed by atoms with Crippen LogP contribution in [0.5, 0.6) is 0 Å². The number of aromatic amines is 1. The van der Waals surface area contributed by atoms with Crippen molar-refractivity contribution in [2.75, 3.05) is 5.75 Å². The van der Waals surface area contributed by atoms with Crippen molar-refractivity contribution in [2.45, 2.75) is 32.1 Å². The molecule has 0 aliphatic heterocycles. The number of carboxylic acid groups (broad SMARTS) is 1. The topological polar surface area (TPSA) is 109 Å². The van der Waals surface area contributed by atoms with Crippen LogP contribution in [0.25, 0.3) is 10.2 Å². The minimum absolute atomic E-state index is 0.111. The molecule has 4 N–H and O–H groups in total. The maximum Gasteiger partial charge on any atom is 0.320 e. The van der Waals surface area contributed by atoms with Gasteiger partial charge in [-0.1, -0.05) is 0 Å². The molecule has 0 aromatic carbocycles. The largest absolute Gasteiger partial charge is 0.480 e. The lowest BCUT2D eigenvalue weighted by molar-refractivity contribution is -0.138. The Bertz CT molecular complexity index is 723. The summed E-state index contributed by atoms with van der Waals surface area (Å²) in [6.07, 6.45) is 0.393. The molecule has 114 valence electrons. The Morgan fingerprint density at radius 3 is 2.90 bits per heavy atom. The van der Waals surface area contributed by atoms with Crippen LogP contribution < -0.4 is 11.3 Å². The van der Waals surface area contributed by atoms with Crippen LogP contribution >= 0.6 is 23.1 Å². The lowest BCUT2D eigenvalue weighted by atomic mass is 10.2. The van der Waals surface area contributed by atoms with Gasteiger partial charge in [-0.15, -0.1) is 11.3 Å². The van der Waals surface area contributed by atoms with Crippen molar-refractivity contribution in [1.29, 1.82) is 0 Å². The zero-order valence-electron chi connectivity index (χ0n) is 11.8. The number of hydrogen-bond acceptors (Lipinski definition) is 6. The van der Waals surface area contributed by atoms with Crippen molar-refractivity contribution < 1.29 is 9.90 Å². The van der Waals surface area contributed by atoms with Gasteiger partial charge in [-0.25, -0.2) is 4.98 Å². The first-order chi connectivity index (χ1) is 9.90. The number of nitrogens with one attached hydrogen (secondary N) is 1. The summed E-state index contributed by atoms with van der Waals surface area (Å²) in [6.45, 7) is 3.90. The first kappa shape index (κ1) is 16.0. The zero-order valence-corrected chi connectivity index (χ0v) is 13.4. The van der Waals surface area contributed by atoms with E-state index in [4.69, 9.17) is 10.8 Å². The molecule has 2 aromatic rings. The van der Waals surface area contributed by atoms with Crippen LogP contribution in [0.1, 0.15) is 22.7 Å². The summed E-state index contributed by atoms with van der Waals surface area (Å²) in [5.74, 6) is 0.765. The second kappa shape index (κ2) is 6.59. The predicted molar refractivity (Wildman–Crippen MR) is 86.1 cm³/mol. The van der Waals surface area contributed by atoms with E-state index in [1.807, 2.05) is 13.8 Å². The lowest BCUT2D eigenvalue weighted by Crippen LogP contribution is -2.30. The average molecular weight is 327 g/mol. The third-order valence-corrected chi connectivity index (χ3v) is 5.32. The molecule has 0 saturated carbocycles. The SMILES string of the molecule is Cc1sc2nc(CSCCC(N)C(=O)O)[nH]c(=O)c2c1C. The van der Waals surface area contributed by atoms with E-state index in [2.05, 4.69) is 9.97 Å². The van der Waals surface area contributed by atoms with Crippen LogP contribution in [-0.2, 0) is 10.5 Å². The first-order valence-electron chi connectivity index (χ1n) is 6.45. The number of thioether (sulfide) groups is 1. The number of nitrogens with two attached hydrogens (primary N) is 1. The van der Waals surface area contributed by atoms with E-state index >= 15 is 0 Å². The number of carbonyl (C=O) groups is 1. The van der Waals surface area contributed by atoms with E-state index < -0.39 is 12.0 Å². The van der Waals surface area contributed by atoms with Gasteiger partial charge in [0.25, 0.3) is 5.56 Å². The van der Waals surface area contributed by atoms with Crippen LogP contribution in [0, 0.1) is 13.8 Å². The maximum absolute atomic E-state index is 12.1. The molecule has 2 aromatic heterocycles. The monoisotopic (exact) mass is 327 g/mol. The molecular formula is C13H17N3O3S2. The van der Waals surface area contributed by atoms with Gasteiger partial charge in [-0.2, -0.15) is 11.8 Å². The predicted octanol–water partition coefficient (Wildman–Crippen LogP) is 1.64. The van der Waals surface area contributed by atoms with Crippen molar-refractivity contribution >= 4 is 39.3 Å². The highest BCUT2D eigenvalue weighted by Gasteiger charge is 2.13. The number of rotatable bonds is 6. The second-order valence-corrected chi connectivity index (χ2v) is 7.07. The van der Waals surface area contributed by atoms with Crippen LogP contribution in [-0.4, -0.2) is 32.8 Å². The number of thiophene rings is 1. The van der Waals surface area contributed by atoms with Crippen LogP contribution in [0.2, 0.25) is 0 Å². The van der Waals surface area contributed by atoms with E-state index in [0.29, 0.717) is 29.1 Å². The fourth-order valence-electron chi connectivity index (χ4n) is 1.87. The molecule has 0 amide bonds. The summed E-state index contributed by atoms with van der Waals surface area (Å²) >= 11 is 3.03. The molecule has 2 heterocycles. The van der Waals surface area contributed by atoms with Gasteiger partial charge in [0.2, 0.25) is 0 Å². The normalized spacial score (nSPS) is 12.7. The van der Waals surface area contributed by atoms with Gasteiger partial charge in [-0.3, -0.25) is 9.59 Å². The van der Waals surface area contributed by atoms with Crippen molar-refractivity contribution in [2.24, 2.45) is 5.73 Å². The number of H-pyrrole nitrogens is 1. The molecule has 0 bridgehead atoms. The van der Waals surface area contributed by atoms with Gasteiger partial charge in [0.15, 0.2) is 0 Å². The number of nitrogens with zero attached hydrogens (tertiary/aromatic N) is 1.